The average Bonchev–Trinajstić information content (AvgIpc) is 2.82. The van der Waals surface area contributed by atoms with E-state index in [0.717, 1.165) is 11.4 Å². The Balaban J connectivity index is 2.09. The first-order valence-electron chi connectivity index (χ1n) is 6.13. The number of carbonyl (C=O) groups excluding carboxylic acids is 1. The van der Waals surface area contributed by atoms with Gasteiger partial charge in [-0.1, -0.05) is 5.21 Å². The number of aromatic nitrogens is 3. The first-order chi connectivity index (χ1) is 9.60. The van der Waals surface area contributed by atoms with Crippen molar-refractivity contribution in [1.82, 2.24) is 15.0 Å². The molecular weight excluding hydrogens is 258 g/mol. The van der Waals surface area contributed by atoms with Gasteiger partial charge in [0.05, 0.1) is 31.2 Å². The first kappa shape index (κ1) is 13.9. The summed E-state index contributed by atoms with van der Waals surface area (Å²) < 4.78 is 6.97. The molecule has 2 rings (SSSR count). The van der Waals surface area contributed by atoms with Gasteiger partial charge in [0, 0.05) is 25.7 Å². The van der Waals surface area contributed by atoms with Crippen molar-refractivity contribution in [3.8, 4) is 5.75 Å². The number of anilines is 2. The fraction of sp³-hybridized carbons (Fsp3) is 0.308. The first-order valence-corrected chi connectivity index (χ1v) is 6.13. The van der Waals surface area contributed by atoms with Crippen LogP contribution in [0.1, 0.15) is 12.6 Å². The highest BCUT2D eigenvalue weighted by molar-refractivity contribution is 5.90. The summed E-state index contributed by atoms with van der Waals surface area (Å²) >= 11 is 0. The molecule has 1 amide bonds. The maximum atomic E-state index is 11.1. The molecule has 0 aliphatic heterocycles. The van der Waals surface area contributed by atoms with Gasteiger partial charge in [-0.25, -0.2) is 0 Å². The van der Waals surface area contributed by atoms with Crippen LogP contribution in [-0.4, -0.2) is 28.0 Å². The van der Waals surface area contributed by atoms with E-state index in [0.29, 0.717) is 18.0 Å². The molecule has 1 aromatic heterocycles. The Morgan fingerprint density at radius 2 is 2.25 bits per heavy atom. The number of methoxy groups -OCH3 is 1. The van der Waals surface area contributed by atoms with Crippen molar-refractivity contribution in [2.24, 2.45) is 7.05 Å². The molecule has 0 aliphatic rings. The van der Waals surface area contributed by atoms with Crippen LogP contribution in [0.3, 0.4) is 0 Å². The lowest BCUT2D eigenvalue weighted by Crippen LogP contribution is -2.08. The average molecular weight is 275 g/mol. The van der Waals surface area contributed by atoms with Crippen molar-refractivity contribution >= 4 is 17.3 Å². The zero-order chi connectivity index (χ0) is 14.5. The van der Waals surface area contributed by atoms with Gasteiger partial charge in [0.2, 0.25) is 5.91 Å². The molecule has 0 unspecified atom stereocenters. The van der Waals surface area contributed by atoms with Gasteiger partial charge >= 0.3 is 0 Å². The highest BCUT2D eigenvalue weighted by atomic mass is 16.5. The zero-order valence-electron chi connectivity index (χ0n) is 11.7. The van der Waals surface area contributed by atoms with E-state index in [4.69, 9.17) is 4.74 Å². The van der Waals surface area contributed by atoms with Gasteiger partial charge < -0.3 is 15.4 Å². The van der Waals surface area contributed by atoms with Crippen molar-refractivity contribution in [1.29, 1.82) is 0 Å². The van der Waals surface area contributed by atoms with Crippen LogP contribution >= 0.6 is 0 Å². The number of aryl methyl sites for hydroxylation is 1. The Kier molecular flexibility index (Phi) is 4.19. The van der Waals surface area contributed by atoms with E-state index in [1.807, 2.05) is 19.2 Å². The van der Waals surface area contributed by atoms with Gasteiger partial charge in [0.15, 0.2) is 0 Å². The van der Waals surface area contributed by atoms with Crippen LogP contribution in [-0.2, 0) is 18.4 Å². The second-order valence-corrected chi connectivity index (χ2v) is 4.30. The summed E-state index contributed by atoms with van der Waals surface area (Å²) in [6.45, 7) is 2.06. The van der Waals surface area contributed by atoms with Crippen LogP contribution in [0.2, 0.25) is 0 Å². The number of hydrogen-bond donors (Lipinski definition) is 2. The third-order valence-electron chi connectivity index (χ3n) is 2.79. The fourth-order valence-corrected chi connectivity index (χ4v) is 1.76. The number of ether oxygens (including phenoxy) is 1. The van der Waals surface area contributed by atoms with Gasteiger partial charge in [0.1, 0.15) is 5.75 Å². The molecule has 106 valence electrons. The van der Waals surface area contributed by atoms with E-state index < -0.39 is 0 Å². The number of rotatable bonds is 5. The normalized spacial score (nSPS) is 10.2. The number of carbonyl (C=O) groups is 1. The van der Waals surface area contributed by atoms with Gasteiger partial charge in [-0.05, 0) is 12.1 Å². The van der Waals surface area contributed by atoms with Crippen molar-refractivity contribution in [3.05, 3.63) is 30.1 Å². The van der Waals surface area contributed by atoms with Crippen LogP contribution in [0.4, 0.5) is 11.4 Å². The Morgan fingerprint density at radius 1 is 1.45 bits per heavy atom. The number of hydrogen-bond acceptors (Lipinski definition) is 5. The Morgan fingerprint density at radius 3 is 2.85 bits per heavy atom. The van der Waals surface area contributed by atoms with E-state index in [9.17, 15) is 4.79 Å². The molecule has 1 heterocycles. The van der Waals surface area contributed by atoms with E-state index in [-0.39, 0.29) is 5.91 Å². The summed E-state index contributed by atoms with van der Waals surface area (Å²) in [4.78, 5) is 11.1. The maximum absolute atomic E-state index is 11.1. The minimum atomic E-state index is -0.134. The molecule has 0 fully saturated rings. The molecule has 0 saturated heterocycles. The van der Waals surface area contributed by atoms with Gasteiger partial charge in [-0.15, -0.1) is 5.10 Å². The van der Waals surface area contributed by atoms with Crippen molar-refractivity contribution < 1.29 is 9.53 Å². The topological polar surface area (TPSA) is 81.1 Å². The lowest BCUT2D eigenvalue weighted by molar-refractivity contribution is -0.114. The Labute approximate surface area is 116 Å². The van der Waals surface area contributed by atoms with E-state index >= 15 is 0 Å². The summed E-state index contributed by atoms with van der Waals surface area (Å²) in [5, 5.41) is 13.6. The molecule has 7 heteroatoms. The molecule has 0 radical (unpaired) electrons. The molecule has 0 spiro atoms. The van der Waals surface area contributed by atoms with Crippen LogP contribution in [0.5, 0.6) is 5.75 Å². The predicted octanol–water partition coefficient (Wildman–Crippen LogP) is 1.39. The predicted molar refractivity (Wildman–Crippen MR) is 75.6 cm³/mol. The third-order valence-corrected chi connectivity index (χ3v) is 2.79. The lowest BCUT2D eigenvalue weighted by Gasteiger charge is -2.12. The SMILES string of the molecule is COc1cc(NCc2cnnn2C)ccc1NC(C)=O. The summed E-state index contributed by atoms with van der Waals surface area (Å²) in [7, 11) is 3.40. The molecule has 0 saturated carbocycles. The number of amides is 1. The van der Waals surface area contributed by atoms with Gasteiger partial charge in [-0.3, -0.25) is 9.48 Å². The fourth-order valence-electron chi connectivity index (χ4n) is 1.76. The van der Waals surface area contributed by atoms with Crippen LogP contribution < -0.4 is 15.4 Å². The molecule has 2 N–H and O–H groups in total. The van der Waals surface area contributed by atoms with Crippen molar-refractivity contribution in [3.63, 3.8) is 0 Å². The molecule has 0 aliphatic carbocycles. The van der Waals surface area contributed by atoms with Crippen LogP contribution in [0.15, 0.2) is 24.4 Å². The molecular formula is C13H17N5O2. The minimum Gasteiger partial charge on any atom is -0.494 e. The van der Waals surface area contributed by atoms with Gasteiger partial charge in [-0.2, -0.15) is 0 Å². The standard InChI is InChI=1S/C13H17N5O2/c1-9(19)16-12-5-4-10(6-13(12)20-3)14-7-11-8-15-17-18(11)2/h4-6,8,14H,7H2,1-3H3,(H,16,19). The van der Waals surface area contributed by atoms with Crippen molar-refractivity contribution in [2.45, 2.75) is 13.5 Å². The Bertz CT molecular complexity index is 609. The molecule has 0 atom stereocenters. The smallest absolute Gasteiger partial charge is 0.221 e. The molecule has 7 nitrogen and oxygen atoms in total. The van der Waals surface area contributed by atoms with Crippen LogP contribution in [0, 0.1) is 0 Å². The van der Waals surface area contributed by atoms with Crippen LogP contribution in [0.25, 0.3) is 0 Å². The minimum absolute atomic E-state index is 0.134. The maximum Gasteiger partial charge on any atom is 0.221 e. The molecule has 2 aromatic rings. The third kappa shape index (κ3) is 3.25. The molecule has 1 aromatic carbocycles. The van der Waals surface area contributed by atoms with E-state index in [2.05, 4.69) is 20.9 Å². The number of nitrogens with zero attached hydrogens (tertiary/aromatic N) is 3. The monoisotopic (exact) mass is 275 g/mol. The largest absolute Gasteiger partial charge is 0.494 e. The van der Waals surface area contributed by atoms with E-state index in [1.165, 1.54) is 6.92 Å². The summed E-state index contributed by atoms with van der Waals surface area (Å²) in [6, 6.07) is 5.50. The summed E-state index contributed by atoms with van der Waals surface area (Å²) in [6.07, 6.45) is 1.70. The van der Waals surface area contributed by atoms with E-state index in [1.54, 1.807) is 24.1 Å². The Hall–Kier alpha value is -2.57. The lowest BCUT2D eigenvalue weighted by atomic mass is 10.2. The second kappa shape index (κ2) is 6.05. The highest BCUT2D eigenvalue weighted by Crippen LogP contribution is 2.28. The summed E-state index contributed by atoms with van der Waals surface area (Å²) in [5.41, 5.74) is 2.50. The highest BCUT2D eigenvalue weighted by Gasteiger charge is 2.06. The van der Waals surface area contributed by atoms with Gasteiger partial charge in [0.25, 0.3) is 0 Å². The molecule has 20 heavy (non-hydrogen) atoms. The number of benzene rings is 1. The quantitative estimate of drug-likeness (QED) is 0.862. The second-order valence-electron chi connectivity index (χ2n) is 4.30. The number of nitrogens with one attached hydrogen (secondary N) is 2. The zero-order valence-corrected chi connectivity index (χ0v) is 11.7. The van der Waals surface area contributed by atoms with Crippen molar-refractivity contribution in [2.75, 3.05) is 17.7 Å². The molecule has 0 bridgehead atoms. The summed E-state index contributed by atoms with van der Waals surface area (Å²) in [5.74, 6) is 0.471.